The normalized spacial score (nSPS) is 13.5. The van der Waals surface area contributed by atoms with E-state index >= 15 is 0 Å². The first-order valence-corrected chi connectivity index (χ1v) is 9.42. The summed E-state index contributed by atoms with van der Waals surface area (Å²) in [6.07, 6.45) is -2.33. The molecule has 2 aliphatic heterocycles. The fourth-order valence-electron chi connectivity index (χ4n) is 3.30. The van der Waals surface area contributed by atoms with Crippen molar-refractivity contribution in [3.63, 3.8) is 0 Å². The lowest BCUT2D eigenvalue weighted by Crippen LogP contribution is -2.61. The summed E-state index contributed by atoms with van der Waals surface area (Å²) in [4.78, 5) is 16.5. The summed E-state index contributed by atoms with van der Waals surface area (Å²) >= 11 is 0. The fourth-order valence-corrected chi connectivity index (χ4v) is 3.30. The van der Waals surface area contributed by atoms with Crippen LogP contribution in [0.1, 0.15) is 12.0 Å². The summed E-state index contributed by atoms with van der Waals surface area (Å²) in [5, 5.41) is 24.6. The predicted octanol–water partition coefficient (Wildman–Crippen LogP) is -0.709. The molecular weight excluding hydrogens is 431 g/mol. The zero-order chi connectivity index (χ0) is 23.5. The number of carbonyl (C=O) groups excluding carboxylic acids is 1. The molecule has 4 rings (SSSR count). The standard InChI is InChI=1S/C19H19N3O3.C2HF3O2/c1-24-15-4-3-11(7-16(15)25-2)9-21-14-8-13-17-12(5-6-20-13)10-22-18(17)19(14)23;3-2(4,5)1(6)7/h3-4,7-8,10,21,23H,5-6,9H2,1-2H3;(H,6,7). The molecule has 3 N–H and O–H groups in total. The molecule has 0 saturated heterocycles. The van der Waals surface area contributed by atoms with Gasteiger partial charge in [-0.2, -0.15) is 13.2 Å². The molecule has 0 aliphatic carbocycles. The van der Waals surface area contributed by atoms with E-state index in [1.807, 2.05) is 30.5 Å². The highest BCUT2D eigenvalue weighted by molar-refractivity contribution is 6.02. The Labute approximate surface area is 180 Å². The van der Waals surface area contributed by atoms with Crippen LogP contribution in [0.4, 0.5) is 24.5 Å². The number of nitrogens with one attached hydrogen (secondary N) is 2. The highest BCUT2D eigenvalue weighted by atomic mass is 19.4. The van der Waals surface area contributed by atoms with Gasteiger partial charge in [-0.1, -0.05) is 6.07 Å². The molecule has 2 aliphatic rings. The quantitative estimate of drug-likeness (QED) is 0.518. The van der Waals surface area contributed by atoms with Crippen LogP contribution in [-0.4, -0.2) is 44.2 Å². The summed E-state index contributed by atoms with van der Waals surface area (Å²) in [6.45, 7) is 1.33. The number of aromatic hydroxyl groups is 1. The molecule has 2 aromatic rings. The van der Waals surface area contributed by atoms with Gasteiger partial charge in [0.05, 0.1) is 30.5 Å². The number of nitrogens with zero attached hydrogens (tertiary/aromatic N) is 1. The molecule has 11 heteroatoms. The van der Waals surface area contributed by atoms with Gasteiger partial charge in [-0.25, -0.2) is 4.99 Å². The summed E-state index contributed by atoms with van der Waals surface area (Å²) in [5.74, 6) is -1.41. The minimum absolute atomic E-state index is 0.225. The second-order valence-electron chi connectivity index (χ2n) is 6.82. The van der Waals surface area contributed by atoms with Crippen molar-refractivity contribution in [1.29, 1.82) is 0 Å². The topological polar surface area (TPSA) is 117 Å². The van der Waals surface area contributed by atoms with Gasteiger partial charge in [0.25, 0.3) is 5.69 Å². The average molecular weight is 451 g/mol. The number of methoxy groups -OCH3 is 2. The van der Waals surface area contributed by atoms with Gasteiger partial charge in [0.1, 0.15) is 5.97 Å². The summed E-state index contributed by atoms with van der Waals surface area (Å²) in [5.41, 5.74) is 3.64. The summed E-state index contributed by atoms with van der Waals surface area (Å²) < 4.78 is 42.1. The van der Waals surface area contributed by atoms with Gasteiger partial charge in [0.15, 0.2) is 17.7 Å². The Morgan fingerprint density at radius 3 is 2.56 bits per heavy atom. The number of benzene rings is 2. The number of hydrogen-bond donors (Lipinski definition) is 3. The van der Waals surface area contributed by atoms with Crippen molar-refractivity contribution in [2.75, 3.05) is 26.1 Å². The molecule has 0 bridgehead atoms. The molecular formula is C21H20F3N3O5. The molecule has 0 spiro atoms. The highest BCUT2D eigenvalue weighted by Gasteiger charge is 2.29. The largest absolute Gasteiger partial charge is 0.542 e. The first-order chi connectivity index (χ1) is 15.2. The van der Waals surface area contributed by atoms with Crippen LogP contribution in [0.25, 0.3) is 5.57 Å². The maximum atomic E-state index is 10.6. The van der Waals surface area contributed by atoms with E-state index in [4.69, 9.17) is 19.4 Å². The molecule has 0 aromatic heterocycles. The van der Waals surface area contributed by atoms with Crippen LogP contribution in [0.2, 0.25) is 0 Å². The van der Waals surface area contributed by atoms with Crippen molar-refractivity contribution in [3.05, 3.63) is 40.4 Å². The van der Waals surface area contributed by atoms with Crippen LogP contribution in [0.5, 0.6) is 17.2 Å². The number of carbonyl (C=O) groups is 1. The van der Waals surface area contributed by atoms with Crippen LogP contribution in [0.3, 0.4) is 0 Å². The second kappa shape index (κ2) is 9.16. The maximum absolute atomic E-state index is 10.6. The number of phenolic OH excluding ortho intramolecular Hbond substituents is 1. The number of aliphatic carboxylic acids is 1. The maximum Gasteiger partial charge on any atom is 0.430 e. The van der Waals surface area contributed by atoms with E-state index in [0.29, 0.717) is 23.7 Å². The highest BCUT2D eigenvalue weighted by Crippen LogP contribution is 2.30. The van der Waals surface area contributed by atoms with Crippen LogP contribution in [0.15, 0.2) is 29.3 Å². The first kappa shape index (κ1) is 22.9. The van der Waals surface area contributed by atoms with Crippen LogP contribution < -0.4 is 35.5 Å². The van der Waals surface area contributed by atoms with Gasteiger partial charge < -0.3 is 29.8 Å². The molecule has 0 fully saturated rings. The molecule has 0 amide bonds. The lowest BCUT2D eigenvalue weighted by atomic mass is 10.1. The van der Waals surface area contributed by atoms with Gasteiger partial charge in [-0.05, 0) is 30.2 Å². The molecule has 32 heavy (non-hydrogen) atoms. The molecule has 0 radical (unpaired) electrons. The average Bonchev–Trinajstić information content (AvgIpc) is 3.20. The van der Waals surface area contributed by atoms with Gasteiger partial charge in [0.2, 0.25) is 5.75 Å². The number of alkyl halides is 3. The van der Waals surface area contributed by atoms with Crippen molar-refractivity contribution < 1.29 is 42.6 Å². The second-order valence-corrected chi connectivity index (χ2v) is 6.82. The Morgan fingerprint density at radius 2 is 1.94 bits per heavy atom. The first-order valence-electron chi connectivity index (χ1n) is 9.42. The number of carboxylic acid groups (broad SMARTS) is 1. The Balaban J connectivity index is 0.000000360. The van der Waals surface area contributed by atoms with Gasteiger partial charge in [-0.3, -0.25) is 4.99 Å². The lowest BCUT2D eigenvalue weighted by Gasteiger charge is -2.12. The van der Waals surface area contributed by atoms with E-state index < -0.39 is 12.1 Å². The number of phenols is 1. The summed E-state index contributed by atoms with van der Waals surface area (Å²) in [6, 6.07) is 7.66. The van der Waals surface area contributed by atoms with E-state index in [2.05, 4.69) is 15.3 Å². The number of hydrogen-bond acceptors (Lipinski definition) is 7. The molecule has 0 unspecified atom stereocenters. The van der Waals surface area contributed by atoms with E-state index in [1.165, 1.54) is 5.57 Å². The van der Waals surface area contributed by atoms with Crippen molar-refractivity contribution in [2.45, 2.75) is 19.1 Å². The molecule has 170 valence electrons. The number of halogens is 3. The molecule has 0 saturated carbocycles. The van der Waals surface area contributed by atoms with E-state index in [1.54, 1.807) is 14.2 Å². The van der Waals surface area contributed by atoms with Gasteiger partial charge >= 0.3 is 6.18 Å². The van der Waals surface area contributed by atoms with Crippen molar-refractivity contribution >= 4 is 29.1 Å². The Kier molecular flexibility index (Phi) is 6.56. The minimum atomic E-state index is -5.19. The fraction of sp³-hybridized carbons (Fsp3) is 0.286. The van der Waals surface area contributed by atoms with Crippen molar-refractivity contribution in [2.24, 2.45) is 4.99 Å². The number of carboxylic acids is 1. The van der Waals surface area contributed by atoms with Crippen molar-refractivity contribution in [1.82, 2.24) is 0 Å². The Bertz CT molecular complexity index is 1190. The minimum Gasteiger partial charge on any atom is -0.542 e. The van der Waals surface area contributed by atoms with Crippen molar-refractivity contribution in [3.8, 4) is 17.2 Å². The molecule has 0 atom stereocenters. The molecule has 8 nitrogen and oxygen atoms in total. The smallest absolute Gasteiger partial charge is 0.430 e. The van der Waals surface area contributed by atoms with E-state index in [9.17, 15) is 18.3 Å². The Hall–Kier alpha value is -3.76. The summed E-state index contributed by atoms with van der Waals surface area (Å²) in [7, 11) is 3.23. The Morgan fingerprint density at radius 1 is 1.25 bits per heavy atom. The lowest BCUT2D eigenvalue weighted by molar-refractivity contribution is -0.345. The third-order valence-electron chi connectivity index (χ3n) is 4.82. The molecule has 2 aromatic carbocycles. The third-order valence-corrected chi connectivity index (χ3v) is 4.82. The number of ether oxygens (including phenoxy) is 2. The van der Waals surface area contributed by atoms with Gasteiger partial charge in [-0.15, -0.1) is 0 Å². The SMILES string of the molecule is COc1ccc(CNc2cc3c4c(c2O)[NH+]=CC=4CCN=3)cc1OC.O=C([O-])C(F)(F)F. The zero-order valence-corrected chi connectivity index (χ0v) is 17.2. The molecule has 2 heterocycles. The van der Waals surface area contributed by atoms with E-state index in [0.717, 1.165) is 34.8 Å². The number of rotatable bonds is 5. The zero-order valence-electron chi connectivity index (χ0n) is 17.2. The number of anilines is 1. The van der Waals surface area contributed by atoms with Crippen LogP contribution in [-0.2, 0) is 11.3 Å². The monoisotopic (exact) mass is 451 g/mol. The third kappa shape index (κ3) is 4.76. The van der Waals surface area contributed by atoms with Crippen LogP contribution >= 0.6 is 0 Å². The van der Waals surface area contributed by atoms with Gasteiger partial charge in [0, 0.05) is 18.7 Å². The van der Waals surface area contributed by atoms with Crippen LogP contribution in [0, 0.1) is 0 Å². The van der Waals surface area contributed by atoms with E-state index in [-0.39, 0.29) is 5.75 Å². The predicted molar refractivity (Wildman–Crippen MR) is 106 cm³/mol.